The molecule has 104 valence electrons. The van der Waals surface area contributed by atoms with E-state index < -0.39 is 17.8 Å². The van der Waals surface area contributed by atoms with Gasteiger partial charge in [0.25, 0.3) is 5.91 Å². The zero-order chi connectivity index (χ0) is 14.4. The molecule has 4 N–H and O–H groups in total. The monoisotopic (exact) mass is 267 g/mol. The molecule has 0 bridgehead atoms. The summed E-state index contributed by atoms with van der Waals surface area (Å²) in [6.45, 7) is 3.61. The van der Waals surface area contributed by atoms with Crippen molar-refractivity contribution in [1.82, 2.24) is 5.32 Å². The third kappa shape index (κ3) is 4.24. The second kappa shape index (κ2) is 6.72. The van der Waals surface area contributed by atoms with E-state index in [1.165, 1.54) is 6.07 Å². The number of benzene rings is 1. The van der Waals surface area contributed by atoms with Crippen molar-refractivity contribution in [3.05, 3.63) is 35.1 Å². The molecule has 0 aliphatic rings. The second-order valence-electron chi connectivity index (χ2n) is 4.36. The molecule has 0 aliphatic heterocycles. The van der Waals surface area contributed by atoms with E-state index in [-0.39, 0.29) is 11.4 Å². The van der Waals surface area contributed by atoms with Gasteiger partial charge in [-0.05, 0) is 37.1 Å². The molecule has 0 saturated carbocycles. The molecule has 0 fully saturated rings. The van der Waals surface area contributed by atoms with E-state index in [9.17, 15) is 9.18 Å². The molecule has 0 heterocycles. The lowest BCUT2D eigenvalue weighted by Gasteiger charge is -2.16. The Kier molecular flexibility index (Phi) is 5.29. The lowest BCUT2D eigenvalue weighted by atomic mass is 10.1. The first-order valence-corrected chi connectivity index (χ1v) is 6.03. The van der Waals surface area contributed by atoms with Gasteiger partial charge in [-0.15, -0.1) is 0 Å². The van der Waals surface area contributed by atoms with Crippen LogP contribution in [0.4, 0.5) is 4.39 Å². The van der Waals surface area contributed by atoms with Gasteiger partial charge >= 0.3 is 0 Å². The van der Waals surface area contributed by atoms with E-state index in [4.69, 9.17) is 10.9 Å². The number of nitrogens with one attached hydrogen (secondary N) is 1. The van der Waals surface area contributed by atoms with Gasteiger partial charge in [0, 0.05) is 5.56 Å². The second-order valence-corrected chi connectivity index (χ2v) is 4.36. The van der Waals surface area contributed by atoms with Gasteiger partial charge in [0.05, 0.1) is 6.04 Å². The molecular weight excluding hydrogens is 249 g/mol. The van der Waals surface area contributed by atoms with Gasteiger partial charge in [-0.2, -0.15) is 0 Å². The molecule has 1 aromatic rings. The zero-order valence-electron chi connectivity index (χ0n) is 11.0. The molecule has 1 unspecified atom stereocenters. The molecule has 1 rings (SSSR count). The lowest BCUT2D eigenvalue weighted by Crippen LogP contribution is -2.44. The van der Waals surface area contributed by atoms with Crippen LogP contribution in [0.25, 0.3) is 0 Å². The first kappa shape index (κ1) is 14.9. The Morgan fingerprint density at radius 1 is 1.53 bits per heavy atom. The highest BCUT2D eigenvalue weighted by Gasteiger charge is 2.17. The van der Waals surface area contributed by atoms with E-state index in [0.717, 1.165) is 12.5 Å². The van der Waals surface area contributed by atoms with Gasteiger partial charge in [0.1, 0.15) is 5.82 Å². The number of carbonyl (C=O) groups is 1. The topological polar surface area (TPSA) is 87.7 Å². The average Bonchev–Trinajstić information content (AvgIpc) is 2.36. The molecule has 6 heteroatoms. The van der Waals surface area contributed by atoms with Gasteiger partial charge in [-0.25, -0.2) is 4.39 Å². The summed E-state index contributed by atoms with van der Waals surface area (Å²) in [6.07, 6.45) is 1.29. The Hall–Kier alpha value is -2.11. The smallest absolute Gasteiger partial charge is 0.251 e. The highest BCUT2D eigenvalue weighted by atomic mass is 19.1. The van der Waals surface area contributed by atoms with Gasteiger partial charge in [0.2, 0.25) is 0 Å². The number of rotatable bonds is 5. The van der Waals surface area contributed by atoms with Crippen LogP contribution in [0.5, 0.6) is 0 Å². The summed E-state index contributed by atoms with van der Waals surface area (Å²) in [5.41, 5.74) is 6.37. The van der Waals surface area contributed by atoms with E-state index in [1.807, 2.05) is 6.92 Å². The molecule has 1 aromatic carbocycles. The summed E-state index contributed by atoms with van der Waals surface area (Å²) in [7, 11) is 0. The summed E-state index contributed by atoms with van der Waals surface area (Å²) in [5, 5.41) is 14.2. The highest BCUT2D eigenvalue weighted by Crippen LogP contribution is 2.09. The maximum atomic E-state index is 13.2. The van der Waals surface area contributed by atoms with Crippen molar-refractivity contribution in [3.8, 4) is 0 Å². The average molecular weight is 267 g/mol. The van der Waals surface area contributed by atoms with Gasteiger partial charge in [0.15, 0.2) is 5.84 Å². The number of aryl methyl sites for hydroxylation is 1. The van der Waals surface area contributed by atoms with Crippen LogP contribution in [0.15, 0.2) is 23.4 Å². The quantitative estimate of drug-likeness (QED) is 0.329. The number of halogens is 1. The third-order valence-corrected chi connectivity index (χ3v) is 2.66. The molecule has 0 aliphatic carbocycles. The molecular formula is C13H18FN3O2. The lowest BCUT2D eigenvalue weighted by molar-refractivity contribution is 0.0944. The number of oxime groups is 1. The predicted octanol–water partition coefficient (Wildman–Crippen LogP) is 1.78. The van der Waals surface area contributed by atoms with Crippen LogP contribution in [-0.4, -0.2) is 23.0 Å². The molecule has 0 saturated heterocycles. The number of hydrogen-bond acceptors (Lipinski definition) is 3. The Balaban J connectivity index is 2.87. The minimum Gasteiger partial charge on any atom is -0.409 e. The molecule has 19 heavy (non-hydrogen) atoms. The van der Waals surface area contributed by atoms with Crippen LogP contribution in [-0.2, 0) is 0 Å². The van der Waals surface area contributed by atoms with Crippen LogP contribution in [0.2, 0.25) is 0 Å². The van der Waals surface area contributed by atoms with Crippen molar-refractivity contribution in [2.45, 2.75) is 32.7 Å². The number of hydrogen-bond donors (Lipinski definition) is 3. The fraction of sp³-hybridized carbons (Fsp3) is 0.385. The molecule has 0 radical (unpaired) electrons. The SMILES string of the molecule is CCCC(NC(=O)c1cc(C)cc(F)c1)/C(N)=N/O. The van der Waals surface area contributed by atoms with Crippen molar-refractivity contribution in [2.24, 2.45) is 10.9 Å². The minimum atomic E-state index is -0.564. The number of carbonyl (C=O) groups excluding carboxylic acids is 1. The normalized spacial score (nSPS) is 13.1. The predicted molar refractivity (Wildman–Crippen MR) is 70.7 cm³/mol. The number of amidine groups is 1. The van der Waals surface area contributed by atoms with Crippen LogP contribution in [0.1, 0.15) is 35.7 Å². The Labute approximate surface area is 111 Å². The molecule has 1 amide bonds. The summed E-state index contributed by atoms with van der Waals surface area (Å²) in [4.78, 5) is 12.0. The zero-order valence-corrected chi connectivity index (χ0v) is 11.0. The van der Waals surface area contributed by atoms with Crippen molar-refractivity contribution < 1.29 is 14.4 Å². The summed E-state index contributed by atoms with van der Waals surface area (Å²) in [5.74, 6) is -0.989. The maximum absolute atomic E-state index is 13.2. The maximum Gasteiger partial charge on any atom is 0.251 e. The van der Waals surface area contributed by atoms with Crippen molar-refractivity contribution in [1.29, 1.82) is 0 Å². The fourth-order valence-electron chi connectivity index (χ4n) is 1.76. The molecule has 0 aromatic heterocycles. The van der Waals surface area contributed by atoms with Gasteiger partial charge in [-0.1, -0.05) is 18.5 Å². The van der Waals surface area contributed by atoms with Crippen LogP contribution in [0.3, 0.4) is 0 Å². The standard InChI is InChI=1S/C13H18FN3O2/c1-3-4-11(12(15)17-19)16-13(18)9-5-8(2)6-10(14)7-9/h5-7,11,19H,3-4H2,1-2H3,(H2,15,17)(H,16,18). The number of nitrogens with zero attached hydrogens (tertiary/aromatic N) is 1. The van der Waals surface area contributed by atoms with Crippen LogP contribution < -0.4 is 11.1 Å². The molecule has 1 atom stereocenters. The fourth-order valence-corrected chi connectivity index (χ4v) is 1.76. The van der Waals surface area contributed by atoms with Crippen molar-refractivity contribution in [3.63, 3.8) is 0 Å². The van der Waals surface area contributed by atoms with E-state index in [1.54, 1.807) is 13.0 Å². The summed E-state index contributed by atoms with van der Waals surface area (Å²) < 4.78 is 13.2. The first-order valence-electron chi connectivity index (χ1n) is 6.03. The van der Waals surface area contributed by atoms with Crippen molar-refractivity contribution in [2.75, 3.05) is 0 Å². The van der Waals surface area contributed by atoms with Gasteiger partial charge < -0.3 is 16.3 Å². The minimum absolute atomic E-state index is 0.0664. The third-order valence-electron chi connectivity index (χ3n) is 2.66. The summed E-state index contributed by atoms with van der Waals surface area (Å²) >= 11 is 0. The number of amides is 1. The number of nitrogens with two attached hydrogens (primary N) is 1. The first-order chi connectivity index (χ1) is 8.97. The van der Waals surface area contributed by atoms with Gasteiger partial charge in [-0.3, -0.25) is 4.79 Å². The Morgan fingerprint density at radius 3 is 2.74 bits per heavy atom. The van der Waals surface area contributed by atoms with E-state index in [2.05, 4.69) is 10.5 Å². The Morgan fingerprint density at radius 2 is 2.21 bits per heavy atom. The molecule has 0 spiro atoms. The summed E-state index contributed by atoms with van der Waals surface area (Å²) in [6, 6.07) is 3.50. The van der Waals surface area contributed by atoms with Crippen molar-refractivity contribution >= 4 is 11.7 Å². The van der Waals surface area contributed by atoms with E-state index in [0.29, 0.717) is 12.0 Å². The largest absolute Gasteiger partial charge is 0.409 e. The molecule has 5 nitrogen and oxygen atoms in total. The van der Waals surface area contributed by atoms with Crippen LogP contribution in [0, 0.1) is 12.7 Å². The van der Waals surface area contributed by atoms with Crippen LogP contribution >= 0.6 is 0 Å². The van der Waals surface area contributed by atoms with E-state index >= 15 is 0 Å². The highest BCUT2D eigenvalue weighted by molar-refractivity contribution is 5.98. The Bertz CT molecular complexity index is 469.